The van der Waals surface area contributed by atoms with Crippen LogP contribution in [-0.2, 0) is 9.53 Å². The summed E-state index contributed by atoms with van der Waals surface area (Å²) in [5.74, 6) is 2.59. The van der Waals surface area contributed by atoms with Gasteiger partial charge in [-0.2, -0.15) is 0 Å². The van der Waals surface area contributed by atoms with Crippen molar-refractivity contribution < 1.29 is 9.53 Å². The predicted octanol–water partition coefficient (Wildman–Crippen LogP) is 5.55. The van der Waals surface area contributed by atoms with Crippen LogP contribution in [-0.4, -0.2) is 47.1 Å². The second kappa shape index (κ2) is 9.94. The van der Waals surface area contributed by atoms with E-state index in [0.29, 0.717) is 11.8 Å². The van der Waals surface area contributed by atoms with Gasteiger partial charge in [-0.3, -0.25) is 4.79 Å². The molecule has 0 radical (unpaired) electrons. The van der Waals surface area contributed by atoms with E-state index in [1.54, 1.807) is 7.11 Å². The largest absolute Gasteiger partial charge is 0.378 e. The van der Waals surface area contributed by atoms with Crippen LogP contribution in [0.15, 0.2) is 42.5 Å². The molecule has 1 amide bonds. The number of hydrogen-bond acceptors (Lipinski definition) is 5. The Morgan fingerprint density at radius 3 is 2.54 bits per heavy atom. The monoisotopic (exact) mass is 472 g/mol. The van der Waals surface area contributed by atoms with E-state index in [-0.39, 0.29) is 18.1 Å². The maximum atomic E-state index is 12.8. The lowest BCUT2D eigenvalue weighted by molar-refractivity contribution is -0.148. The molecule has 1 aliphatic carbocycles. The molecule has 2 fully saturated rings. The van der Waals surface area contributed by atoms with Crippen LogP contribution in [0.3, 0.4) is 0 Å². The Balaban J connectivity index is 1.31. The van der Waals surface area contributed by atoms with Gasteiger partial charge >= 0.3 is 0 Å². The zero-order valence-corrected chi connectivity index (χ0v) is 21.3. The highest BCUT2D eigenvalue weighted by Gasteiger charge is 2.36. The lowest BCUT2D eigenvalue weighted by Crippen LogP contribution is -2.56. The number of fused-ring (bicyclic) bond motifs is 1. The van der Waals surface area contributed by atoms with Crippen molar-refractivity contribution >= 4 is 22.6 Å². The maximum Gasteiger partial charge on any atom is 0.225 e. The van der Waals surface area contributed by atoms with Gasteiger partial charge in [-0.15, -0.1) is 0 Å². The second-order valence-corrected chi connectivity index (χ2v) is 10.3. The summed E-state index contributed by atoms with van der Waals surface area (Å²) >= 11 is 0. The van der Waals surface area contributed by atoms with Crippen LogP contribution >= 0.6 is 0 Å². The van der Waals surface area contributed by atoms with E-state index in [1.165, 1.54) is 16.7 Å². The average molecular weight is 473 g/mol. The molecule has 3 aromatic rings. The second-order valence-electron chi connectivity index (χ2n) is 10.3. The molecule has 0 unspecified atom stereocenters. The number of anilines is 1. The normalized spacial score (nSPS) is 21.5. The molecular formula is C29H36N4O2. The van der Waals surface area contributed by atoms with E-state index in [0.717, 1.165) is 61.3 Å². The van der Waals surface area contributed by atoms with Gasteiger partial charge in [0.25, 0.3) is 0 Å². The fourth-order valence-electron chi connectivity index (χ4n) is 5.55. The number of rotatable bonds is 6. The molecule has 5 rings (SSSR count). The van der Waals surface area contributed by atoms with Crippen LogP contribution in [0.25, 0.3) is 10.9 Å². The summed E-state index contributed by atoms with van der Waals surface area (Å²) in [6, 6.07) is 15.3. The highest BCUT2D eigenvalue weighted by atomic mass is 16.5. The first kappa shape index (κ1) is 23.7. The molecular weight excluding hydrogens is 436 g/mol. The van der Waals surface area contributed by atoms with Crippen LogP contribution in [0.4, 0.5) is 5.82 Å². The number of hydrogen-bond donors (Lipinski definition) is 1. The number of nitrogens with zero attached hydrogens (tertiary/aromatic N) is 3. The number of likely N-dealkylation sites (tertiary alicyclic amines) is 1. The minimum atomic E-state index is 0.136. The lowest BCUT2D eigenvalue weighted by atomic mass is 9.77. The number of aromatic nitrogens is 2. The molecule has 1 saturated heterocycles. The Hall–Kier alpha value is -2.99. The quantitative estimate of drug-likeness (QED) is 0.509. The maximum absolute atomic E-state index is 12.8. The number of aryl methyl sites for hydroxylation is 2. The summed E-state index contributed by atoms with van der Waals surface area (Å²) in [5.41, 5.74) is 4.79. The van der Waals surface area contributed by atoms with Crippen LogP contribution in [0.5, 0.6) is 0 Å². The third-order valence-corrected chi connectivity index (χ3v) is 7.77. The standard InChI is InChI=1S/C29H36N4O2/c1-18-6-5-7-23(14-18)19(2)30-28-26-15-24(12-13-27(26)31-20(3)32-28)21-8-10-22(11-9-21)29(34)33-16-25(17-33)35-4/h5-7,12-15,19,21-22,25H,8-11,16-17H2,1-4H3,(H,30,31,32)/t19-,21?,22?/m0/s1. The molecule has 1 aliphatic heterocycles. The van der Waals surface area contributed by atoms with Crippen molar-refractivity contribution in [3.8, 4) is 0 Å². The Bertz CT molecular complexity index is 1210. The van der Waals surface area contributed by atoms with Crippen LogP contribution in [0, 0.1) is 19.8 Å². The van der Waals surface area contributed by atoms with E-state index < -0.39 is 0 Å². The van der Waals surface area contributed by atoms with Crippen molar-refractivity contribution in [3.63, 3.8) is 0 Å². The highest BCUT2D eigenvalue weighted by molar-refractivity contribution is 5.90. The predicted molar refractivity (Wildman–Crippen MR) is 140 cm³/mol. The Morgan fingerprint density at radius 2 is 1.83 bits per heavy atom. The first-order valence-electron chi connectivity index (χ1n) is 12.8. The third kappa shape index (κ3) is 5.03. The van der Waals surface area contributed by atoms with Crippen LogP contribution < -0.4 is 5.32 Å². The Labute approximate surface area is 208 Å². The summed E-state index contributed by atoms with van der Waals surface area (Å²) in [6.45, 7) is 7.73. The number of carbonyl (C=O) groups is 1. The minimum Gasteiger partial charge on any atom is -0.378 e. The third-order valence-electron chi connectivity index (χ3n) is 7.77. The van der Waals surface area contributed by atoms with E-state index in [4.69, 9.17) is 9.72 Å². The van der Waals surface area contributed by atoms with Crippen molar-refractivity contribution in [2.75, 3.05) is 25.5 Å². The van der Waals surface area contributed by atoms with Gasteiger partial charge in [0.2, 0.25) is 5.91 Å². The average Bonchev–Trinajstić information content (AvgIpc) is 2.83. The van der Waals surface area contributed by atoms with Gasteiger partial charge in [-0.25, -0.2) is 9.97 Å². The van der Waals surface area contributed by atoms with Gasteiger partial charge < -0.3 is 15.0 Å². The highest BCUT2D eigenvalue weighted by Crippen LogP contribution is 2.38. The zero-order valence-electron chi connectivity index (χ0n) is 21.3. The molecule has 2 heterocycles. The molecule has 0 bridgehead atoms. The molecule has 184 valence electrons. The first-order valence-corrected chi connectivity index (χ1v) is 12.8. The molecule has 1 saturated carbocycles. The van der Waals surface area contributed by atoms with Gasteiger partial charge in [-0.05, 0) is 75.6 Å². The SMILES string of the molecule is COC1CN(C(=O)C2CCC(c3ccc4nc(C)nc(N[C@@H](C)c5cccc(C)c5)c4c3)CC2)C1. The van der Waals surface area contributed by atoms with E-state index in [2.05, 4.69) is 66.6 Å². The van der Waals surface area contributed by atoms with Crippen LogP contribution in [0.2, 0.25) is 0 Å². The zero-order chi connectivity index (χ0) is 24.5. The van der Waals surface area contributed by atoms with Gasteiger partial charge in [0, 0.05) is 37.5 Å². The number of carbonyl (C=O) groups excluding carboxylic acids is 1. The van der Waals surface area contributed by atoms with Crippen molar-refractivity contribution in [2.24, 2.45) is 5.92 Å². The number of amides is 1. The smallest absolute Gasteiger partial charge is 0.225 e. The molecule has 1 N–H and O–H groups in total. The summed E-state index contributed by atoms with van der Waals surface area (Å²) < 4.78 is 5.33. The molecule has 6 nitrogen and oxygen atoms in total. The van der Waals surface area contributed by atoms with E-state index in [9.17, 15) is 4.79 Å². The molecule has 1 aromatic heterocycles. The van der Waals surface area contributed by atoms with Gasteiger partial charge in [0.05, 0.1) is 11.6 Å². The van der Waals surface area contributed by atoms with Crippen molar-refractivity contribution in [1.29, 1.82) is 0 Å². The van der Waals surface area contributed by atoms with E-state index >= 15 is 0 Å². The summed E-state index contributed by atoms with van der Waals surface area (Å²) in [4.78, 5) is 24.2. The Kier molecular flexibility index (Phi) is 6.74. The molecule has 1 atom stereocenters. The van der Waals surface area contributed by atoms with Gasteiger partial charge in [-0.1, -0.05) is 35.9 Å². The molecule has 0 spiro atoms. The number of ether oxygens (including phenoxy) is 1. The molecule has 2 aromatic carbocycles. The molecule has 35 heavy (non-hydrogen) atoms. The summed E-state index contributed by atoms with van der Waals surface area (Å²) in [6.07, 6.45) is 4.21. The summed E-state index contributed by atoms with van der Waals surface area (Å²) in [5, 5.41) is 4.71. The number of benzene rings is 2. The molecule has 2 aliphatic rings. The summed E-state index contributed by atoms with van der Waals surface area (Å²) in [7, 11) is 1.72. The lowest BCUT2D eigenvalue weighted by Gasteiger charge is -2.41. The van der Waals surface area contributed by atoms with E-state index in [1.807, 2.05) is 11.8 Å². The minimum absolute atomic E-state index is 0.136. The van der Waals surface area contributed by atoms with Gasteiger partial charge in [0.1, 0.15) is 11.6 Å². The van der Waals surface area contributed by atoms with Crippen molar-refractivity contribution in [2.45, 2.75) is 64.5 Å². The van der Waals surface area contributed by atoms with Crippen molar-refractivity contribution in [3.05, 3.63) is 65.0 Å². The van der Waals surface area contributed by atoms with Crippen LogP contribution in [0.1, 0.15) is 67.1 Å². The first-order chi connectivity index (χ1) is 16.9. The van der Waals surface area contributed by atoms with Gasteiger partial charge in [0.15, 0.2) is 0 Å². The molecule has 6 heteroatoms. The fourth-order valence-corrected chi connectivity index (χ4v) is 5.55. The number of nitrogens with one attached hydrogen (secondary N) is 1. The van der Waals surface area contributed by atoms with Crippen molar-refractivity contribution in [1.82, 2.24) is 14.9 Å². The topological polar surface area (TPSA) is 67.3 Å². The fraction of sp³-hybridized carbons (Fsp3) is 0.483. The Morgan fingerprint density at radius 1 is 1.06 bits per heavy atom. The number of methoxy groups -OCH3 is 1.